The SMILES string of the molecule is O=C(Nc1n[nH]c2cnccc12)c1cc(F)c(Cl)cc1Cl. The number of rotatable bonds is 2. The van der Waals surface area contributed by atoms with Gasteiger partial charge in [0.15, 0.2) is 5.82 Å². The summed E-state index contributed by atoms with van der Waals surface area (Å²) in [4.78, 5) is 16.1. The Kier molecular flexibility index (Phi) is 3.48. The van der Waals surface area contributed by atoms with Gasteiger partial charge in [-0.3, -0.25) is 14.9 Å². The van der Waals surface area contributed by atoms with Crippen molar-refractivity contribution in [2.45, 2.75) is 0 Å². The van der Waals surface area contributed by atoms with Gasteiger partial charge in [0.2, 0.25) is 0 Å². The molecule has 0 radical (unpaired) electrons. The average molecular weight is 325 g/mol. The fourth-order valence-electron chi connectivity index (χ4n) is 1.83. The van der Waals surface area contributed by atoms with E-state index in [1.54, 1.807) is 18.5 Å². The summed E-state index contributed by atoms with van der Waals surface area (Å²) >= 11 is 11.5. The van der Waals surface area contributed by atoms with E-state index in [1.807, 2.05) is 0 Å². The molecule has 0 saturated heterocycles. The summed E-state index contributed by atoms with van der Waals surface area (Å²) in [5.74, 6) is -0.994. The minimum Gasteiger partial charge on any atom is -0.305 e. The Hall–Kier alpha value is -2.18. The van der Waals surface area contributed by atoms with Crippen molar-refractivity contribution in [2.24, 2.45) is 0 Å². The van der Waals surface area contributed by atoms with E-state index in [0.717, 1.165) is 6.07 Å². The van der Waals surface area contributed by atoms with E-state index in [-0.39, 0.29) is 15.6 Å². The first-order chi connectivity index (χ1) is 10.1. The molecular weight excluding hydrogens is 318 g/mol. The van der Waals surface area contributed by atoms with Gasteiger partial charge in [-0.1, -0.05) is 23.2 Å². The van der Waals surface area contributed by atoms with Crippen LogP contribution < -0.4 is 5.32 Å². The molecule has 3 aromatic rings. The number of anilines is 1. The van der Waals surface area contributed by atoms with Crippen LogP contribution in [0.15, 0.2) is 30.6 Å². The molecule has 0 aliphatic carbocycles. The van der Waals surface area contributed by atoms with Crippen molar-refractivity contribution in [3.8, 4) is 0 Å². The number of fused-ring (bicyclic) bond motifs is 1. The molecule has 0 fully saturated rings. The number of nitrogens with one attached hydrogen (secondary N) is 2. The zero-order chi connectivity index (χ0) is 15.0. The number of halogens is 3. The number of amides is 1. The Labute approximate surface area is 128 Å². The summed E-state index contributed by atoms with van der Waals surface area (Å²) in [6, 6.07) is 3.86. The van der Waals surface area contributed by atoms with Gasteiger partial charge in [0.05, 0.1) is 27.3 Å². The molecule has 0 atom stereocenters. The topological polar surface area (TPSA) is 70.7 Å². The zero-order valence-corrected chi connectivity index (χ0v) is 11.8. The van der Waals surface area contributed by atoms with E-state index in [2.05, 4.69) is 20.5 Å². The van der Waals surface area contributed by atoms with Crippen LogP contribution in [0.3, 0.4) is 0 Å². The van der Waals surface area contributed by atoms with Gasteiger partial charge in [0.25, 0.3) is 5.91 Å². The molecule has 0 saturated carbocycles. The Balaban J connectivity index is 1.95. The van der Waals surface area contributed by atoms with E-state index < -0.39 is 11.7 Å². The molecular formula is C13H7Cl2FN4O. The lowest BCUT2D eigenvalue weighted by molar-refractivity contribution is 0.102. The molecule has 3 rings (SSSR count). The van der Waals surface area contributed by atoms with Gasteiger partial charge in [-0.05, 0) is 18.2 Å². The maximum absolute atomic E-state index is 13.5. The van der Waals surface area contributed by atoms with Gasteiger partial charge in [-0.25, -0.2) is 4.39 Å². The smallest absolute Gasteiger partial charge is 0.258 e. The molecule has 0 spiro atoms. The van der Waals surface area contributed by atoms with Crippen molar-refractivity contribution >= 4 is 45.8 Å². The number of hydrogen-bond acceptors (Lipinski definition) is 3. The highest BCUT2D eigenvalue weighted by Crippen LogP contribution is 2.26. The van der Waals surface area contributed by atoms with Gasteiger partial charge in [0.1, 0.15) is 5.82 Å². The second kappa shape index (κ2) is 5.31. The van der Waals surface area contributed by atoms with Crippen molar-refractivity contribution in [1.82, 2.24) is 15.2 Å². The van der Waals surface area contributed by atoms with Crippen LogP contribution in [0.4, 0.5) is 10.2 Å². The maximum Gasteiger partial charge on any atom is 0.258 e. The highest BCUT2D eigenvalue weighted by molar-refractivity contribution is 6.37. The zero-order valence-electron chi connectivity index (χ0n) is 10.3. The van der Waals surface area contributed by atoms with Crippen molar-refractivity contribution in [2.75, 3.05) is 5.32 Å². The summed E-state index contributed by atoms with van der Waals surface area (Å²) in [7, 11) is 0. The first kappa shape index (κ1) is 13.8. The number of pyridine rings is 1. The Bertz CT molecular complexity index is 849. The van der Waals surface area contributed by atoms with Crippen molar-refractivity contribution < 1.29 is 9.18 Å². The fraction of sp³-hybridized carbons (Fsp3) is 0. The highest BCUT2D eigenvalue weighted by atomic mass is 35.5. The van der Waals surface area contributed by atoms with Crippen molar-refractivity contribution in [3.05, 3.63) is 52.0 Å². The number of aromatic amines is 1. The summed E-state index contributed by atoms with van der Waals surface area (Å²) in [5, 5.41) is 9.86. The predicted octanol–water partition coefficient (Wildman–Crippen LogP) is 3.66. The Morgan fingerprint density at radius 2 is 2.10 bits per heavy atom. The second-order valence-corrected chi connectivity index (χ2v) is 5.01. The van der Waals surface area contributed by atoms with Gasteiger partial charge in [0, 0.05) is 11.6 Å². The lowest BCUT2D eigenvalue weighted by Gasteiger charge is -2.06. The summed E-state index contributed by atoms with van der Waals surface area (Å²) in [6.45, 7) is 0. The highest BCUT2D eigenvalue weighted by Gasteiger charge is 2.16. The molecule has 0 aliphatic heterocycles. The quantitative estimate of drug-likeness (QED) is 0.707. The third-order valence-corrected chi connectivity index (χ3v) is 3.45. The fourth-order valence-corrected chi connectivity index (χ4v) is 2.30. The molecule has 0 unspecified atom stereocenters. The summed E-state index contributed by atoms with van der Waals surface area (Å²) in [5.41, 5.74) is 0.643. The van der Waals surface area contributed by atoms with Crippen molar-refractivity contribution in [1.29, 1.82) is 0 Å². The third kappa shape index (κ3) is 2.55. The minimum absolute atomic E-state index is 0.0243. The normalized spacial score (nSPS) is 10.8. The molecule has 1 aromatic carbocycles. The lowest BCUT2D eigenvalue weighted by Crippen LogP contribution is -2.13. The average Bonchev–Trinajstić information content (AvgIpc) is 2.86. The molecule has 0 bridgehead atoms. The van der Waals surface area contributed by atoms with E-state index in [9.17, 15) is 9.18 Å². The molecule has 1 amide bonds. The van der Waals surface area contributed by atoms with E-state index in [1.165, 1.54) is 6.07 Å². The van der Waals surface area contributed by atoms with Crippen LogP contribution in [0.25, 0.3) is 10.9 Å². The van der Waals surface area contributed by atoms with Crippen LogP contribution in [-0.2, 0) is 0 Å². The molecule has 8 heteroatoms. The molecule has 106 valence electrons. The molecule has 21 heavy (non-hydrogen) atoms. The number of carbonyl (C=O) groups is 1. The van der Waals surface area contributed by atoms with Gasteiger partial charge in [-0.15, -0.1) is 0 Å². The van der Waals surface area contributed by atoms with Crippen LogP contribution in [0.5, 0.6) is 0 Å². The van der Waals surface area contributed by atoms with Crippen molar-refractivity contribution in [3.63, 3.8) is 0 Å². The largest absolute Gasteiger partial charge is 0.305 e. The number of carbonyl (C=O) groups excluding carboxylic acids is 1. The van der Waals surface area contributed by atoms with Crippen LogP contribution >= 0.6 is 23.2 Å². The molecule has 2 N–H and O–H groups in total. The molecule has 5 nitrogen and oxygen atoms in total. The van der Waals surface area contributed by atoms with Crippen LogP contribution in [0.1, 0.15) is 10.4 Å². The first-order valence-electron chi connectivity index (χ1n) is 5.80. The standard InChI is InChI=1S/C13H7Cl2FN4O/c14-8-4-9(15)10(16)3-7(8)13(21)18-12-6-1-2-17-5-11(6)19-20-12/h1-5H,(H2,18,19,20,21). The summed E-state index contributed by atoms with van der Waals surface area (Å²) in [6.07, 6.45) is 3.15. The molecule has 2 heterocycles. The number of H-pyrrole nitrogens is 1. The van der Waals surface area contributed by atoms with Gasteiger partial charge < -0.3 is 5.32 Å². The number of aromatic nitrogens is 3. The van der Waals surface area contributed by atoms with E-state index in [0.29, 0.717) is 16.7 Å². The van der Waals surface area contributed by atoms with Crippen LogP contribution in [0, 0.1) is 5.82 Å². The third-order valence-electron chi connectivity index (χ3n) is 2.85. The number of nitrogens with zero attached hydrogens (tertiary/aromatic N) is 2. The minimum atomic E-state index is -0.720. The second-order valence-electron chi connectivity index (χ2n) is 4.19. The summed E-state index contributed by atoms with van der Waals surface area (Å²) < 4.78 is 13.5. The van der Waals surface area contributed by atoms with E-state index in [4.69, 9.17) is 23.2 Å². The predicted molar refractivity (Wildman–Crippen MR) is 78.3 cm³/mol. The molecule has 2 aromatic heterocycles. The maximum atomic E-state index is 13.5. The number of hydrogen-bond donors (Lipinski definition) is 2. The Morgan fingerprint density at radius 3 is 2.90 bits per heavy atom. The van der Waals surface area contributed by atoms with E-state index >= 15 is 0 Å². The Morgan fingerprint density at radius 1 is 1.29 bits per heavy atom. The monoisotopic (exact) mass is 324 g/mol. The van der Waals surface area contributed by atoms with Crippen LogP contribution in [0.2, 0.25) is 10.0 Å². The van der Waals surface area contributed by atoms with Gasteiger partial charge >= 0.3 is 0 Å². The lowest BCUT2D eigenvalue weighted by atomic mass is 10.2. The number of benzene rings is 1. The van der Waals surface area contributed by atoms with Gasteiger partial charge in [-0.2, -0.15) is 5.10 Å². The first-order valence-corrected chi connectivity index (χ1v) is 6.56. The molecule has 0 aliphatic rings. The van der Waals surface area contributed by atoms with Crippen LogP contribution in [-0.4, -0.2) is 21.1 Å².